The van der Waals surface area contributed by atoms with Crippen molar-refractivity contribution in [3.05, 3.63) is 0 Å². The Balaban J connectivity index is 0.905. The molecule has 6 amide bonds. The third-order valence-electron chi connectivity index (χ3n) is 19.0. The molecule has 0 aromatic carbocycles. The van der Waals surface area contributed by atoms with Gasteiger partial charge in [0.15, 0.2) is 24.5 Å². The second-order valence-electron chi connectivity index (χ2n) is 28.3. The smallest absolute Gasteiger partial charge is 0.306 e. The van der Waals surface area contributed by atoms with Crippen molar-refractivity contribution >= 4 is 74.9 Å². The van der Waals surface area contributed by atoms with Crippen molar-refractivity contribution in [2.75, 3.05) is 96.9 Å². The lowest BCUT2D eigenvalue weighted by atomic mass is 9.84. The van der Waals surface area contributed by atoms with Crippen LogP contribution in [0.1, 0.15) is 105 Å². The maximum absolute atomic E-state index is 15.4. The van der Waals surface area contributed by atoms with Crippen molar-refractivity contribution in [2.45, 2.75) is 239 Å². The predicted molar refractivity (Wildman–Crippen MR) is 378 cm³/mol. The molecule has 0 bridgehead atoms. The number of guanidine groups is 2. The molecule has 25 N–H and O–H groups in total. The lowest BCUT2D eigenvalue weighted by Crippen LogP contribution is -2.68. The van der Waals surface area contributed by atoms with Crippen molar-refractivity contribution in [3.8, 4) is 0 Å². The molecule has 588 valence electrons. The monoisotopic (exact) mass is 1510 g/mol. The summed E-state index contributed by atoms with van der Waals surface area (Å²) in [6.07, 6.45) is -12.5. The Morgan fingerprint density at radius 1 is 0.553 bits per heavy atom. The van der Waals surface area contributed by atoms with E-state index in [1.807, 2.05) is 27.7 Å². The highest BCUT2D eigenvalue weighted by Crippen LogP contribution is 2.36. The number of aliphatic hydroxyl groups excluding tert-OH is 4. The number of esters is 1. The standard InChI is InChI=1S/C64H115N17O20S2/c1-32(2)30-95-36-17-41(57(70)89)79(28-36)59(91)43-18-34(93-13-7-11-75-63(71)72)27-81(43)60(92)44-19-35(94-14-8-12-76-64(73)74)26-80(44)58(90)42-20-37(96-31-33(3)4)25-78(42)49(85)24-77-48(84)9-5-15-102-103-16-6-10-50(86)99-56-47(29-82)98-62(52(87)51(56)69)101-55-39(67)21-38(66)54(53(55)88)100-61-40(68)22-45(83)46(23-65)97-61/h32-47,51-56,61-62,82-83,87-88H,5-31,65-69H2,1-4H3,(H2,70,89)(H,77,84)(H4,71,72,75)(H4,73,74,76)/t34-,35-,36-,37-,38-,39+,40-,41+,42+,43+,44+,45+,46-,47+,51-,52+,53-,54+,55-,56+,61-,62+/m1/s1. The van der Waals surface area contributed by atoms with E-state index in [2.05, 4.69) is 15.3 Å². The zero-order chi connectivity index (χ0) is 75.4. The summed E-state index contributed by atoms with van der Waals surface area (Å²) in [7, 11) is 2.93. The lowest BCUT2D eigenvalue weighted by molar-refractivity contribution is -0.315. The summed E-state index contributed by atoms with van der Waals surface area (Å²) in [6, 6.07) is -8.21. The molecule has 0 radical (unpaired) electrons. The van der Waals surface area contributed by atoms with Crippen LogP contribution in [0, 0.1) is 11.8 Å². The fourth-order valence-electron chi connectivity index (χ4n) is 13.8. The lowest BCUT2D eigenvalue weighted by Gasteiger charge is -2.48. The highest BCUT2D eigenvalue weighted by atomic mass is 33.1. The first kappa shape index (κ1) is 85.1. The molecule has 7 fully saturated rings. The van der Waals surface area contributed by atoms with Crippen LogP contribution in [-0.4, -0.2) is 324 Å². The van der Waals surface area contributed by atoms with Gasteiger partial charge < -0.3 is 145 Å². The third kappa shape index (κ3) is 24.4. The molecule has 37 nitrogen and oxygen atoms in total. The van der Waals surface area contributed by atoms with E-state index in [1.54, 1.807) is 0 Å². The minimum Gasteiger partial charge on any atom is -0.458 e. The minimum atomic E-state index is -1.62. The molecule has 6 heterocycles. The van der Waals surface area contributed by atoms with Gasteiger partial charge in [-0.1, -0.05) is 49.3 Å². The Morgan fingerprint density at radius 2 is 1.01 bits per heavy atom. The van der Waals surface area contributed by atoms with Crippen molar-refractivity contribution in [2.24, 2.45) is 79.2 Å². The molecule has 0 aromatic heterocycles. The summed E-state index contributed by atoms with van der Waals surface area (Å²) in [4.78, 5) is 113. The minimum absolute atomic E-state index is 0.0114. The van der Waals surface area contributed by atoms with Crippen LogP contribution in [0.25, 0.3) is 0 Å². The van der Waals surface area contributed by atoms with Crippen LogP contribution >= 0.6 is 21.6 Å². The number of aliphatic hydroxyl groups is 4. The Kier molecular flexibility index (Phi) is 34.1. The Labute approximate surface area is 608 Å². The molecule has 7 aliphatic rings. The summed E-state index contributed by atoms with van der Waals surface area (Å²) in [5, 5.41) is 46.1. The first-order valence-corrected chi connectivity index (χ1v) is 38.3. The molecule has 7 rings (SSSR count). The maximum atomic E-state index is 15.4. The second kappa shape index (κ2) is 41.3. The van der Waals surface area contributed by atoms with Gasteiger partial charge in [0.2, 0.25) is 35.4 Å². The fraction of sp³-hybridized carbons (Fsp3) is 0.859. The number of carbonyl (C=O) groups excluding carboxylic acids is 7. The fourth-order valence-corrected chi connectivity index (χ4v) is 15.9. The molecule has 1 aliphatic carbocycles. The number of nitrogens with two attached hydrogens (primary N) is 10. The summed E-state index contributed by atoms with van der Waals surface area (Å²) < 4.78 is 54.2. The number of carbonyl (C=O) groups is 7. The number of hydrogen-bond acceptors (Lipinski definition) is 29. The summed E-state index contributed by atoms with van der Waals surface area (Å²) >= 11 is 0. The van der Waals surface area contributed by atoms with E-state index in [4.69, 9.17) is 100.0 Å². The molecule has 0 unspecified atom stereocenters. The van der Waals surface area contributed by atoms with E-state index in [-0.39, 0.29) is 134 Å². The number of rotatable bonds is 38. The van der Waals surface area contributed by atoms with Crippen molar-refractivity contribution in [1.82, 2.24) is 24.9 Å². The van der Waals surface area contributed by atoms with E-state index in [0.29, 0.717) is 50.4 Å². The molecule has 103 heavy (non-hydrogen) atoms. The number of nitrogens with zero attached hydrogens (tertiary/aromatic N) is 6. The van der Waals surface area contributed by atoms with Gasteiger partial charge in [-0.3, -0.25) is 43.5 Å². The zero-order valence-corrected chi connectivity index (χ0v) is 61.2. The van der Waals surface area contributed by atoms with Gasteiger partial charge in [-0.25, -0.2) is 0 Å². The highest BCUT2D eigenvalue weighted by molar-refractivity contribution is 8.76. The first-order chi connectivity index (χ1) is 49.0. The molecule has 1 saturated carbocycles. The number of likely N-dealkylation sites (tertiary alicyclic amines) is 4. The van der Waals surface area contributed by atoms with Crippen molar-refractivity contribution in [3.63, 3.8) is 0 Å². The van der Waals surface area contributed by atoms with E-state index in [9.17, 15) is 44.4 Å². The molecule has 6 saturated heterocycles. The van der Waals surface area contributed by atoms with Crippen LogP contribution in [0.15, 0.2) is 9.98 Å². The second-order valence-corrected chi connectivity index (χ2v) is 31.0. The maximum Gasteiger partial charge on any atom is 0.306 e. The number of aliphatic imine (C=N–C) groups is 2. The molecular formula is C64H115N17O20S2. The van der Waals surface area contributed by atoms with Gasteiger partial charge in [0, 0.05) is 134 Å². The van der Waals surface area contributed by atoms with E-state index < -0.39 is 189 Å². The summed E-state index contributed by atoms with van der Waals surface area (Å²) in [5.74, 6) is -2.85. The van der Waals surface area contributed by atoms with E-state index in [0.717, 1.165) is 0 Å². The van der Waals surface area contributed by atoms with Gasteiger partial charge in [0.1, 0.15) is 60.8 Å². The summed E-state index contributed by atoms with van der Waals surface area (Å²) in [5.41, 5.74) is 59.1. The number of nitrogens with one attached hydrogen (secondary N) is 1. The highest BCUT2D eigenvalue weighted by Gasteiger charge is 2.55. The van der Waals surface area contributed by atoms with Crippen LogP contribution in [-0.2, 0) is 76.2 Å². The molecule has 22 atom stereocenters. The van der Waals surface area contributed by atoms with Gasteiger partial charge in [0.25, 0.3) is 0 Å². The van der Waals surface area contributed by atoms with Gasteiger partial charge in [-0.2, -0.15) is 0 Å². The van der Waals surface area contributed by atoms with Gasteiger partial charge >= 0.3 is 5.97 Å². The normalized spacial score (nSPS) is 33.2. The number of primary amides is 1. The Morgan fingerprint density at radius 3 is 1.50 bits per heavy atom. The van der Waals surface area contributed by atoms with Crippen LogP contribution in [0.4, 0.5) is 0 Å². The van der Waals surface area contributed by atoms with Crippen molar-refractivity contribution < 1.29 is 96.6 Å². The third-order valence-corrected chi connectivity index (χ3v) is 21.6. The average Bonchev–Trinajstić information content (AvgIpc) is 1.72. The quantitative estimate of drug-likeness (QED) is 0.00898. The molecule has 6 aliphatic heterocycles. The number of amides is 6. The SMILES string of the molecule is CC(C)CO[C@@H]1C[C@@H](C(=O)N2C[C@H](OCCCN=C(N)N)C[C@H]2C(=O)N2C[C@H](OCCCN=C(N)N)C[C@H]2C(=O)N2C[C@H](OCC(C)C)C[C@H]2C(N)=O)N(C(=O)CNC(=O)CCCSSCCCC(=O)O[C@@H]2[C@H](N)[C@H](O)[C@H](O[C@H]3[C@H](O)[C@@H](O[C@H]4O[C@H](CN)[C@@H](O)C[C@H]4N)[C@H](N)C[C@@H]3N)O[C@H]2CO)C1. The topological polar surface area (TPSA) is 593 Å². The summed E-state index contributed by atoms with van der Waals surface area (Å²) in [6.45, 7) is 8.34. The van der Waals surface area contributed by atoms with E-state index in [1.165, 1.54) is 41.2 Å². The average molecular weight is 1510 g/mol. The van der Waals surface area contributed by atoms with Crippen LogP contribution in [0.3, 0.4) is 0 Å². The van der Waals surface area contributed by atoms with Crippen LogP contribution < -0.4 is 62.7 Å². The Bertz CT molecular complexity index is 2810. The zero-order valence-electron chi connectivity index (χ0n) is 59.5. The van der Waals surface area contributed by atoms with Gasteiger partial charge in [-0.15, -0.1) is 0 Å². The molecule has 39 heteroatoms. The van der Waals surface area contributed by atoms with Crippen molar-refractivity contribution in [1.29, 1.82) is 0 Å². The first-order valence-electron chi connectivity index (χ1n) is 35.8. The molecule has 0 spiro atoms. The number of ether oxygens (including phenoxy) is 9. The molecular weight excluding hydrogens is 1390 g/mol. The van der Waals surface area contributed by atoms with Crippen LogP contribution in [0.2, 0.25) is 0 Å². The number of hydrogen-bond donors (Lipinski definition) is 15. The Hall–Kier alpha value is -5.15. The van der Waals surface area contributed by atoms with Gasteiger partial charge in [0.05, 0.1) is 61.9 Å². The predicted octanol–water partition coefficient (Wildman–Crippen LogP) is -6.62. The molecule has 0 aromatic rings. The van der Waals surface area contributed by atoms with E-state index >= 15 is 9.59 Å². The van der Waals surface area contributed by atoms with Crippen LogP contribution in [0.5, 0.6) is 0 Å². The largest absolute Gasteiger partial charge is 0.458 e. The van der Waals surface area contributed by atoms with Gasteiger partial charge in [-0.05, 0) is 50.4 Å².